The highest BCUT2D eigenvalue weighted by Crippen LogP contribution is 2.31. The molecule has 1 aromatic carbocycles. The van der Waals surface area contributed by atoms with E-state index < -0.39 is 5.97 Å². The average molecular weight is 330 g/mol. The van der Waals surface area contributed by atoms with Crippen LogP contribution in [0.1, 0.15) is 6.92 Å². The van der Waals surface area contributed by atoms with E-state index in [1.165, 1.54) is 4.68 Å². The van der Waals surface area contributed by atoms with Crippen molar-refractivity contribution in [3.63, 3.8) is 0 Å². The standard InChI is InChI=1S/C15H14N4O3S/c1-2-21-14(20)9-19-15(16-17-18-19)13-8-12(10-22-13)23-11-6-4-3-5-7-11/h3-8,10H,2,9H2,1H3. The van der Waals surface area contributed by atoms with E-state index in [1.807, 2.05) is 36.4 Å². The summed E-state index contributed by atoms with van der Waals surface area (Å²) in [5.41, 5.74) is 0. The first-order valence-corrected chi connectivity index (χ1v) is 7.81. The summed E-state index contributed by atoms with van der Waals surface area (Å²) in [6.07, 6.45) is 1.64. The second kappa shape index (κ2) is 7.10. The number of esters is 1. The fourth-order valence-corrected chi connectivity index (χ4v) is 2.76. The Labute approximate surface area is 136 Å². The van der Waals surface area contributed by atoms with E-state index in [0.29, 0.717) is 18.2 Å². The van der Waals surface area contributed by atoms with Crippen molar-refractivity contribution in [1.82, 2.24) is 20.2 Å². The maximum Gasteiger partial charge on any atom is 0.327 e. The van der Waals surface area contributed by atoms with E-state index in [2.05, 4.69) is 15.5 Å². The minimum absolute atomic E-state index is 0.0575. The second-order valence-corrected chi connectivity index (χ2v) is 5.67. The Morgan fingerprint density at radius 2 is 2.13 bits per heavy atom. The molecule has 0 aliphatic rings. The molecule has 0 bridgehead atoms. The van der Waals surface area contributed by atoms with Crippen LogP contribution in [0.15, 0.2) is 56.9 Å². The number of rotatable bonds is 6. The minimum atomic E-state index is -0.397. The first-order chi connectivity index (χ1) is 11.3. The molecule has 0 radical (unpaired) electrons. The average Bonchev–Trinajstić information content (AvgIpc) is 3.17. The summed E-state index contributed by atoms with van der Waals surface area (Å²) in [6, 6.07) is 11.8. The smallest absolute Gasteiger partial charge is 0.327 e. The number of aromatic nitrogens is 4. The van der Waals surface area contributed by atoms with Gasteiger partial charge in [0.2, 0.25) is 5.82 Å². The van der Waals surface area contributed by atoms with Crippen LogP contribution in [0.2, 0.25) is 0 Å². The van der Waals surface area contributed by atoms with Gasteiger partial charge in [0.25, 0.3) is 0 Å². The molecule has 3 aromatic rings. The van der Waals surface area contributed by atoms with Crippen molar-refractivity contribution < 1.29 is 13.9 Å². The summed E-state index contributed by atoms with van der Waals surface area (Å²) in [5, 5.41) is 11.3. The number of carbonyl (C=O) groups is 1. The van der Waals surface area contributed by atoms with Gasteiger partial charge in [0.05, 0.1) is 11.5 Å². The molecule has 0 aliphatic carbocycles. The third kappa shape index (κ3) is 3.78. The van der Waals surface area contributed by atoms with Crippen LogP contribution in [0, 0.1) is 0 Å². The molecule has 7 nitrogen and oxygen atoms in total. The van der Waals surface area contributed by atoms with Crippen molar-refractivity contribution in [1.29, 1.82) is 0 Å². The minimum Gasteiger partial charge on any atom is -0.465 e. The molecule has 0 aliphatic heterocycles. The molecular weight excluding hydrogens is 316 g/mol. The van der Waals surface area contributed by atoms with Crippen LogP contribution < -0.4 is 0 Å². The number of nitrogens with zero attached hydrogens (tertiary/aromatic N) is 4. The van der Waals surface area contributed by atoms with Gasteiger partial charge in [-0.2, -0.15) is 0 Å². The molecule has 2 aromatic heterocycles. The van der Waals surface area contributed by atoms with Gasteiger partial charge < -0.3 is 9.15 Å². The van der Waals surface area contributed by atoms with Crippen LogP contribution in [0.3, 0.4) is 0 Å². The lowest BCUT2D eigenvalue weighted by molar-refractivity contribution is -0.144. The summed E-state index contributed by atoms with van der Waals surface area (Å²) >= 11 is 1.57. The van der Waals surface area contributed by atoms with Gasteiger partial charge in [0, 0.05) is 11.0 Å². The van der Waals surface area contributed by atoms with Gasteiger partial charge in [-0.25, -0.2) is 4.68 Å². The molecule has 0 spiro atoms. The predicted molar refractivity (Wildman–Crippen MR) is 82.7 cm³/mol. The first kappa shape index (κ1) is 15.3. The molecular formula is C15H14N4O3S. The van der Waals surface area contributed by atoms with E-state index in [-0.39, 0.29) is 6.54 Å². The van der Waals surface area contributed by atoms with Gasteiger partial charge in [0.1, 0.15) is 12.8 Å². The van der Waals surface area contributed by atoms with Gasteiger partial charge in [-0.15, -0.1) is 5.10 Å². The molecule has 118 valence electrons. The number of hydrogen-bond acceptors (Lipinski definition) is 7. The number of carbonyl (C=O) groups excluding carboxylic acids is 1. The van der Waals surface area contributed by atoms with Crippen molar-refractivity contribution in [3.8, 4) is 11.6 Å². The lowest BCUT2D eigenvalue weighted by Gasteiger charge is -2.02. The summed E-state index contributed by atoms with van der Waals surface area (Å²) < 4.78 is 11.8. The predicted octanol–water partition coefficient (Wildman–Crippen LogP) is 2.65. The van der Waals surface area contributed by atoms with Crippen molar-refractivity contribution in [3.05, 3.63) is 42.7 Å². The highest BCUT2D eigenvalue weighted by molar-refractivity contribution is 7.99. The van der Waals surface area contributed by atoms with Crippen molar-refractivity contribution in [2.45, 2.75) is 23.3 Å². The molecule has 3 rings (SSSR count). The summed E-state index contributed by atoms with van der Waals surface area (Å²) in [4.78, 5) is 13.6. The van der Waals surface area contributed by atoms with Crippen LogP contribution in [-0.2, 0) is 16.1 Å². The van der Waals surface area contributed by atoms with E-state index in [9.17, 15) is 4.79 Å². The zero-order valence-corrected chi connectivity index (χ0v) is 13.2. The zero-order valence-electron chi connectivity index (χ0n) is 12.4. The molecule has 0 N–H and O–H groups in total. The molecule has 0 unspecified atom stereocenters. The summed E-state index contributed by atoms with van der Waals surface area (Å²) in [7, 11) is 0. The number of tetrazole rings is 1. The van der Waals surface area contributed by atoms with E-state index >= 15 is 0 Å². The van der Waals surface area contributed by atoms with Crippen molar-refractivity contribution >= 4 is 17.7 Å². The van der Waals surface area contributed by atoms with Crippen LogP contribution in [0.5, 0.6) is 0 Å². The fourth-order valence-electron chi connectivity index (χ4n) is 1.93. The normalized spacial score (nSPS) is 10.7. The van der Waals surface area contributed by atoms with Crippen LogP contribution >= 0.6 is 11.8 Å². The van der Waals surface area contributed by atoms with E-state index in [4.69, 9.17) is 9.15 Å². The Morgan fingerprint density at radius 3 is 2.91 bits per heavy atom. The Kier molecular flexibility index (Phi) is 4.72. The lowest BCUT2D eigenvalue weighted by atomic mass is 10.4. The Morgan fingerprint density at radius 1 is 1.30 bits per heavy atom. The molecule has 0 atom stereocenters. The first-order valence-electron chi connectivity index (χ1n) is 7.00. The van der Waals surface area contributed by atoms with Gasteiger partial charge in [-0.05, 0) is 29.5 Å². The highest BCUT2D eigenvalue weighted by Gasteiger charge is 2.16. The Bertz CT molecular complexity index is 785. The largest absolute Gasteiger partial charge is 0.465 e. The quantitative estimate of drug-likeness (QED) is 0.642. The Hall–Kier alpha value is -2.61. The SMILES string of the molecule is CCOC(=O)Cn1nnnc1-c1cc(Sc2ccccc2)co1. The molecule has 0 fully saturated rings. The van der Waals surface area contributed by atoms with Gasteiger partial charge >= 0.3 is 5.97 Å². The fraction of sp³-hybridized carbons (Fsp3) is 0.200. The lowest BCUT2D eigenvalue weighted by Crippen LogP contribution is -2.15. The van der Waals surface area contributed by atoms with Gasteiger partial charge in [0.15, 0.2) is 5.76 Å². The summed E-state index contributed by atoms with van der Waals surface area (Å²) in [6.45, 7) is 2.00. The van der Waals surface area contributed by atoms with Crippen molar-refractivity contribution in [2.24, 2.45) is 0 Å². The van der Waals surface area contributed by atoms with E-state index in [0.717, 1.165) is 9.79 Å². The van der Waals surface area contributed by atoms with Crippen LogP contribution in [-0.4, -0.2) is 32.8 Å². The highest BCUT2D eigenvalue weighted by atomic mass is 32.2. The molecule has 8 heteroatoms. The van der Waals surface area contributed by atoms with Gasteiger partial charge in [-0.3, -0.25) is 4.79 Å². The van der Waals surface area contributed by atoms with Gasteiger partial charge in [-0.1, -0.05) is 30.0 Å². The molecule has 0 amide bonds. The third-order valence-electron chi connectivity index (χ3n) is 2.89. The number of furan rings is 1. The summed E-state index contributed by atoms with van der Waals surface area (Å²) in [5.74, 6) is 0.488. The topological polar surface area (TPSA) is 83.0 Å². The maximum absolute atomic E-state index is 11.6. The van der Waals surface area contributed by atoms with Crippen molar-refractivity contribution in [2.75, 3.05) is 6.61 Å². The number of hydrogen-bond donors (Lipinski definition) is 0. The molecule has 0 saturated heterocycles. The number of ether oxygens (including phenoxy) is 1. The van der Waals surface area contributed by atoms with E-state index in [1.54, 1.807) is 24.9 Å². The van der Waals surface area contributed by atoms with Crippen LogP contribution in [0.25, 0.3) is 11.6 Å². The zero-order chi connectivity index (χ0) is 16.1. The molecule has 0 saturated carbocycles. The monoisotopic (exact) mass is 330 g/mol. The third-order valence-corrected chi connectivity index (χ3v) is 3.85. The van der Waals surface area contributed by atoms with Crippen LogP contribution in [0.4, 0.5) is 0 Å². The molecule has 23 heavy (non-hydrogen) atoms. The Balaban J connectivity index is 1.76. The number of benzene rings is 1. The maximum atomic E-state index is 11.6. The second-order valence-electron chi connectivity index (χ2n) is 4.53. The molecule has 2 heterocycles.